The van der Waals surface area contributed by atoms with E-state index in [4.69, 9.17) is 0 Å². The molecular weight excluding hydrogens is 366 g/mol. The molecule has 0 amide bonds. The standard InChI is InChI=1S/C17H15N7O2S/c25-24(26)14-8-6-12(7-9-14)11-22-16(19-20-21-22)15-10-18-23(17(15)27)13-4-2-1-3-5-13/h1-10,20-21,27H,11H2. The summed E-state index contributed by atoms with van der Waals surface area (Å²) in [4.78, 5) is 10.4. The zero-order valence-electron chi connectivity index (χ0n) is 14.0. The highest BCUT2D eigenvalue weighted by atomic mass is 32.1. The van der Waals surface area contributed by atoms with Crippen molar-refractivity contribution in [2.24, 2.45) is 5.10 Å². The number of nitrogens with one attached hydrogen (secondary N) is 2. The van der Waals surface area contributed by atoms with Gasteiger partial charge < -0.3 is 0 Å². The number of para-hydroxylation sites is 1. The molecule has 9 nitrogen and oxygen atoms in total. The molecule has 10 heteroatoms. The van der Waals surface area contributed by atoms with E-state index in [1.165, 1.54) is 12.1 Å². The van der Waals surface area contributed by atoms with Gasteiger partial charge in [0.1, 0.15) is 5.03 Å². The van der Waals surface area contributed by atoms with Crippen LogP contribution in [0.4, 0.5) is 5.69 Å². The largest absolute Gasteiger partial charge is 0.269 e. The van der Waals surface area contributed by atoms with Gasteiger partial charge in [-0.1, -0.05) is 30.3 Å². The Kier molecular flexibility index (Phi) is 4.48. The molecule has 2 heterocycles. The Bertz CT molecular complexity index is 1000. The predicted molar refractivity (Wildman–Crippen MR) is 102 cm³/mol. The lowest BCUT2D eigenvalue weighted by Crippen LogP contribution is -2.40. The molecule has 0 saturated carbocycles. The van der Waals surface area contributed by atoms with E-state index in [0.717, 1.165) is 16.8 Å². The van der Waals surface area contributed by atoms with Crippen LogP contribution in [-0.2, 0) is 6.54 Å². The summed E-state index contributed by atoms with van der Waals surface area (Å²) in [5.74, 6) is 0.625. The molecule has 0 radical (unpaired) electrons. The van der Waals surface area contributed by atoms with Crippen molar-refractivity contribution < 1.29 is 4.92 Å². The highest BCUT2D eigenvalue weighted by Gasteiger charge is 2.24. The second-order valence-electron chi connectivity index (χ2n) is 5.80. The minimum Gasteiger partial charge on any atom is -0.266 e. The number of hydrogen-bond donors (Lipinski definition) is 3. The lowest BCUT2D eigenvalue weighted by atomic mass is 10.2. The average Bonchev–Trinajstić information content (AvgIpc) is 3.29. The highest BCUT2D eigenvalue weighted by molar-refractivity contribution is 7.80. The Balaban J connectivity index is 1.57. The van der Waals surface area contributed by atoms with Crippen molar-refractivity contribution in [3.63, 3.8) is 0 Å². The van der Waals surface area contributed by atoms with Crippen molar-refractivity contribution in [2.45, 2.75) is 11.6 Å². The van der Waals surface area contributed by atoms with Crippen molar-refractivity contribution in [2.75, 3.05) is 0 Å². The maximum atomic E-state index is 10.8. The molecule has 0 saturated heterocycles. The van der Waals surface area contributed by atoms with E-state index in [1.54, 1.807) is 28.0 Å². The summed E-state index contributed by atoms with van der Waals surface area (Å²) >= 11 is 4.61. The van der Waals surface area contributed by atoms with Crippen molar-refractivity contribution >= 4 is 24.2 Å². The number of rotatable bonds is 5. The number of nitro benzene ring substituents is 1. The topological polar surface area (TPSA) is 101 Å². The second-order valence-corrected chi connectivity index (χ2v) is 6.22. The molecule has 0 atom stereocenters. The quantitative estimate of drug-likeness (QED) is 0.356. The molecule has 0 spiro atoms. The van der Waals surface area contributed by atoms with Crippen LogP contribution in [0.25, 0.3) is 5.69 Å². The molecule has 1 aliphatic heterocycles. The van der Waals surface area contributed by atoms with Crippen molar-refractivity contribution in [1.82, 2.24) is 25.9 Å². The second kappa shape index (κ2) is 7.09. The van der Waals surface area contributed by atoms with E-state index in [9.17, 15) is 10.1 Å². The SMILES string of the molecule is O=[N+]([O-])c1ccc(CN2NNN=C2c2cnn(-c3ccccc3)c2S)cc1. The summed E-state index contributed by atoms with van der Waals surface area (Å²) in [7, 11) is 0. The Morgan fingerprint density at radius 2 is 1.85 bits per heavy atom. The smallest absolute Gasteiger partial charge is 0.266 e. The number of hydrazine groups is 2. The van der Waals surface area contributed by atoms with Gasteiger partial charge in [-0.05, 0) is 17.7 Å². The fourth-order valence-corrected chi connectivity index (χ4v) is 3.06. The molecule has 0 fully saturated rings. The summed E-state index contributed by atoms with van der Waals surface area (Å²) in [5, 5.41) is 21.9. The van der Waals surface area contributed by atoms with Crippen LogP contribution in [0.3, 0.4) is 0 Å². The summed E-state index contributed by atoms with van der Waals surface area (Å²) in [5.41, 5.74) is 8.27. The van der Waals surface area contributed by atoms with E-state index in [2.05, 4.69) is 33.9 Å². The first kappa shape index (κ1) is 17.1. The normalized spacial score (nSPS) is 13.4. The predicted octanol–water partition coefficient (Wildman–Crippen LogP) is 2.26. The van der Waals surface area contributed by atoms with Crippen LogP contribution in [0.5, 0.6) is 0 Å². The first-order valence-electron chi connectivity index (χ1n) is 8.05. The Labute approximate surface area is 159 Å². The van der Waals surface area contributed by atoms with Crippen LogP contribution in [-0.4, -0.2) is 25.5 Å². The minimum absolute atomic E-state index is 0.0573. The molecule has 1 aliphatic rings. The number of benzene rings is 2. The monoisotopic (exact) mass is 381 g/mol. The van der Waals surface area contributed by atoms with Crippen molar-refractivity contribution in [3.05, 3.63) is 82.0 Å². The highest BCUT2D eigenvalue weighted by Crippen LogP contribution is 2.22. The third kappa shape index (κ3) is 3.35. The molecule has 0 unspecified atom stereocenters. The maximum Gasteiger partial charge on any atom is 0.269 e. The number of aromatic nitrogens is 2. The summed E-state index contributed by atoms with van der Waals surface area (Å²) in [6, 6.07) is 16.1. The Morgan fingerprint density at radius 3 is 2.56 bits per heavy atom. The Morgan fingerprint density at radius 1 is 1.11 bits per heavy atom. The van der Waals surface area contributed by atoms with Gasteiger partial charge in [-0.2, -0.15) is 5.10 Å². The molecule has 0 aliphatic carbocycles. The molecule has 4 rings (SSSR count). The number of thiol groups is 1. The molecule has 3 aromatic rings. The average molecular weight is 381 g/mol. The van der Waals surface area contributed by atoms with Crippen molar-refractivity contribution in [3.8, 4) is 5.69 Å². The van der Waals surface area contributed by atoms with Gasteiger partial charge >= 0.3 is 0 Å². The molecule has 2 N–H and O–H groups in total. The van der Waals surface area contributed by atoms with E-state index in [0.29, 0.717) is 17.4 Å². The number of amidine groups is 1. The summed E-state index contributed by atoms with van der Waals surface area (Å²) in [6.07, 6.45) is 1.70. The van der Waals surface area contributed by atoms with Gasteiger partial charge in [0.15, 0.2) is 5.84 Å². The third-order valence-electron chi connectivity index (χ3n) is 4.08. The number of non-ortho nitro benzene ring substituents is 1. The fourth-order valence-electron chi connectivity index (χ4n) is 2.74. The molecule has 27 heavy (non-hydrogen) atoms. The van der Waals surface area contributed by atoms with E-state index in [-0.39, 0.29) is 5.69 Å². The molecule has 136 valence electrons. The summed E-state index contributed by atoms with van der Waals surface area (Å²) < 4.78 is 1.73. The number of nitro groups is 1. The van der Waals surface area contributed by atoms with E-state index < -0.39 is 4.92 Å². The number of hydrazone groups is 1. The van der Waals surface area contributed by atoms with Gasteiger partial charge in [-0.15, -0.1) is 23.3 Å². The minimum atomic E-state index is -0.419. The first-order valence-corrected chi connectivity index (χ1v) is 8.50. The van der Waals surface area contributed by atoms with Gasteiger partial charge in [0.05, 0.1) is 28.9 Å². The first-order chi connectivity index (χ1) is 13.1. The van der Waals surface area contributed by atoms with Gasteiger partial charge in [-0.3, -0.25) is 15.1 Å². The molecule has 1 aromatic heterocycles. The molecule has 0 bridgehead atoms. The van der Waals surface area contributed by atoms with Gasteiger partial charge in [0.2, 0.25) is 0 Å². The number of hydrogen-bond acceptors (Lipinski definition) is 8. The number of nitrogens with zero attached hydrogens (tertiary/aromatic N) is 5. The lowest BCUT2D eigenvalue weighted by molar-refractivity contribution is -0.384. The summed E-state index contributed by atoms with van der Waals surface area (Å²) in [6.45, 7) is 0.452. The van der Waals surface area contributed by atoms with E-state index >= 15 is 0 Å². The van der Waals surface area contributed by atoms with Crippen LogP contribution >= 0.6 is 12.6 Å². The van der Waals surface area contributed by atoms with Crippen molar-refractivity contribution in [1.29, 1.82) is 0 Å². The molecular formula is C17H15N7O2S. The van der Waals surface area contributed by atoms with Gasteiger partial charge in [0, 0.05) is 12.1 Å². The van der Waals surface area contributed by atoms with Crippen LogP contribution in [0.15, 0.2) is 70.9 Å². The zero-order chi connectivity index (χ0) is 18.8. The van der Waals surface area contributed by atoms with Gasteiger partial charge in [-0.25, -0.2) is 10.2 Å². The lowest BCUT2D eigenvalue weighted by Gasteiger charge is -2.18. The van der Waals surface area contributed by atoms with Crippen LogP contribution < -0.4 is 11.1 Å². The van der Waals surface area contributed by atoms with Crippen LogP contribution in [0, 0.1) is 10.1 Å². The zero-order valence-corrected chi connectivity index (χ0v) is 14.9. The van der Waals surface area contributed by atoms with Crippen LogP contribution in [0.2, 0.25) is 0 Å². The third-order valence-corrected chi connectivity index (χ3v) is 4.51. The fraction of sp³-hybridized carbons (Fsp3) is 0.0588. The maximum absolute atomic E-state index is 10.8. The van der Waals surface area contributed by atoms with Gasteiger partial charge in [0.25, 0.3) is 5.69 Å². The molecule has 2 aromatic carbocycles. The van der Waals surface area contributed by atoms with Crippen LogP contribution in [0.1, 0.15) is 11.1 Å². The van der Waals surface area contributed by atoms with E-state index in [1.807, 2.05) is 30.3 Å². The Hall–Kier alpha value is -3.37.